The molecule has 0 saturated carbocycles. The smallest absolute Gasteiger partial charge is 0.338 e. The van der Waals surface area contributed by atoms with E-state index >= 15 is 0 Å². The maximum atomic E-state index is 14.3. The van der Waals surface area contributed by atoms with Gasteiger partial charge in [0.15, 0.2) is 16.3 Å². The number of allylic oxidation sites excluding steroid dienone is 1. The van der Waals surface area contributed by atoms with Crippen LogP contribution in [0.15, 0.2) is 93.9 Å². The van der Waals surface area contributed by atoms with Gasteiger partial charge in [-0.3, -0.25) is 9.36 Å². The molecule has 0 fully saturated rings. The van der Waals surface area contributed by atoms with Crippen LogP contribution in [-0.2, 0) is 16.1 Å². The predicted octanol–water partition coefficient (Wildman–Crippen LogP) is 6.72. The lowest BCUT2D eigenvalue weighted by Gasteiger charge is -2.25. The summed E-state index contributed by atoms with van der Waals surface area (Å²) in [4.78, 5) is 32.9. The Bertz CT molecular complexity index is 2300. The number of carbonyl (C=O) groups excluding carboxylic acids is 1. The lowest BCUT2D eigenvalue weighted by atomic mass is 9.95. The highest BCUT2D eigenvalue weighted by atomic mass is 32.1. The number of carbonyl (C=O) groups is 1. The maximum absolute atomic E-state index is 14.3. The van der Waals surface area contributed by atoms with Gasteiger partial charge in [-0.05, 0) is 119 Å². The highest BCUT2D eigenvalue weighted by molar-refractivity contribution is 7.07. The number of hydrogen-bond acceptors (Lipinski definition) is 8. The summed E-state index contributed by atoms with van der Waals surface area (Å²) >= 11 is 1.27. The van der Waals surface area contributed by atoms with E-state index < -0.39 is 12.0 Å². The molecule has 1 aliphatic rings. The maximum Gasteiger partial charge on any atom is 0.338 e. The van der Waals surface area contributed by atoms with Gasteiger partial charge in [0, 0.05) is 17.1 Å². The Morgan fingerprint density at radius 3 is 2.39 bits per heavy atom. The predicted molar refractivity (Wildman–Crippen MR) is 195 cm³/mol. The molecule has 51 heavy (non-hydrogen) atoms. The van der Waals surface area contributed by atoms with E-state index in [0.29, 0.717) is 50.0 Å². The number of fused-ring (bicyclic) bond motifs is 1. The number of thiazole rings is 1. The van der Waals surface area contributed by atoms with E-state index in [-0.39, 0.29) is 24.1 Å². The van der Waals surface area contributed by atoms with Gasteiger partial charge in [-0.1, -0.05) is 29.5 Å². The number of esters is 1. The topological polar surface area (TPSA) is 93.3 Å². The van der Waals surface area contributed by atoms with Gasteiger partial charge in [-0.25, -0.2) is 14.2 Å². The third-order valence-electron chi connectivity index (χ3n) is 8.55. The Hall–Kier alpha value is -5.42. The molecule has 0 spiro atoms. The molecule has 1 aliphatic heterocycles. The number of methoxy groups -OCH3 is 1. The van der Waals surface area contributed by atoms with Crippen LogP contribution in [0.1, 0.15) is 61.8 Å². The number of nitrogens with zero attached hydrogens (tertiary/aromatic N) is 3. The Balaban J connectivity index is 1.37. The first-order chi connectivity index (χ1) is 24.5. The number of aromatic nitrogens is 2. The van der Waals surface area contributed by atoms with Crippen molar-refractivity contribution in [2.75, 3.05) is 13.7 Å². The molecule has 0 radical (unpaired) electrons. The zero-order valence-corrected chi connectivity index (χ0v) is 30.5. The monoisotopic (exact) mass is 709 g/mol. The van der Waals surface area contributed by atoms with Crippen LogP contribution in [0.3, 0.4) is 0 Å². The van der Waals surface area contributed by atoms with Crippen LogP contribution < -0.4 is 29.1 Å². The Morgan fingerprint density at radius 2 is 1.73 bits per heavy atom. The van der Waals surface area contributed by atoms with Gasteiger partial charge < -0.3 is 23.5 Å². The molecule has 6 rings (SSSR count). The fourth-order valence-corrected chi connectivity index (χ4v) is 7.26. The summed E-state index contributed by atoms with van der Waals surface area (Å²) < 4.78 is 40.4. The van der Waals surface area contributed by atoms with E-state index in [1.807, 2.05) is 70.2 Å². The number of benzene rings is 3. The van der Waals surface area contributed by atoms with Crippen LogP contribution in [0.2, 0.25) is 0 Å². The standard InChI is InChI=1S/C40H40FN3O6S/c1-8-48-39(46)36-25(5)42-40-44(37(36)28-11-18-33(50-23(2)3)34(20-28)47-7)38(45)35(51-40)21-29-19-24(4)43(26(29)6)31-14-16-32(17-15-31)49-22-27-9-12-30(41)13-10-27/h9-21,23,37H,8,22H2,1-7H3/b35-21+/t37-/m1/s1. The quantitative estimate of drug-likeness (QED) is 0.142. The SMILES string of the molecule is CCOC(=O)C1=C(C)N=c2s/c(=C/c3cc(C)n(-c4ccc(OCc5ccc(F)cc5)cc4)c3C)c(=O)n2[C@@H]1c1ccc(OC(C)C)c(OC)c1. The Morgan fingerprint density at radius 1 is 1.00 bits per heavy atom. The molecule has 0 saturated heterocycles. The highest BCUT2D eigenvalue weighted by Gasteiger charge is 2.34. The van der Waals surface area contributed by atoms with Gasteiger partial charge in [0.1, 0.15) is 18.2 Å². The summed E-state index contributed by atoms with van der Waals surface area (Å²) in [6.07, 6.45) is 1.80. The summed E-state index contributed by atoms with van der Waals surface area (Å²) in [5.74, 6) is 0.925. The zero-order chi connectivity index (χ0) is 36.4. The number of hydrogen-bond donors (Lipinski definition) is 0. The van der Waals surface area contributed by atoms with E-state index in [4.69, 9.17) is 23.9 Å². The molecule has 0 amide bonds. The molecule has 2 aromatic heterocycles. The first kappa shape index (κ1) is 35.4. The molecule has 0 unspecified atom stereocenters. The minimum absolute atomic E-state index is 0.0750. The van der Waals surface area contributed by atoms with Crippen molar-refractivity contribution < 1.29 is 28.1 Å². The second-order valence-corrected chi connectivity index (χ2v) is 13.5. The second-order valence-electron chi connectivity index (χ2n) is 12.5. The van der Waals surface area contributed by atoms with Crippen molar-refractivity contribution in [2.24, 2.45) is 4.99 Å². The van der Waals surface area contributed by atoms with E-state index in [1.165, 1.54) is 23.5 Å². The lowest BCUT2D eigenvalue weighted by Crippen LogP contribution is -2.40. The third-order valence-corrected chi connectivity index (χ3v) is 9.54. The van der Waals surface area contributed by atoms with Crippen molar-refractivity contribution >= 4 is 23.4 Å². The highest BCUT2D eigenvalue weighted by Crippen LogP contribution is 2.36. The summed E-state index contributed by atoms with van der Waals surface area (Å²) in [5.41, 5.74) is 5.79. The van der Waals surface area contributed by atoms with Crippen molar-refractivity contribution in [3.63, 3.8) is 0 Å². The third kappa shape index (κ3) is 7.25. The van der Waals surface area contributed by atoms with Crippen molar-refractivity contribution in [3.8, 4) is 22.9 Å². The van der Waals surface area contributed by atoms with E-state index in [9.17, 15) is 14.0 Å². The lowest BCUT2D eigenvalue weighted by molar-refractivity contribution is -0.139. The number of ether oxygens (including phenoxy) is 4. The molecule has 3 heterocycles. The fourth-order valence-electron chi connectivity index (χ4n) is 6.22. The van der Waals surface area contributed by atoms with Crippen LogP contribution in [0.5, 0.6) is 17.2 Å². The van der Waals surface area contributed by atoms with Crippen LogP contribution in [0.25, 0.3) is 11.8 Å². The van der Waals surface area contributed by atoms with Gasteiger partial charge in [-0.2, -0.15) is 0 Å². The molecule has 0 N–H and O–H groups in total. The summed E-state index contributed by atoms with van der Waals surface area (Å²) in [6, 6.07) is 20.7. The Labute approximate surface area is 299 Å². The molecule has 11 heteroatoms. The van der Waals surface area contributed by atoms with Crippen LogP contribution in [0.4, 0.5) is 4.39 Å². The molecule has 9 nitrogen and oxygen atoms in total. The first-order valence-corrected chi connectivity index (χ1v) is 17.5. The van der Waals surface area contributed by atoms with Crippen LogP contribution in [0, 0.1) is 19.7 Å². The van der Waals surface area contributed by atoms with Gasteiger partial charge >= 0.3 is 5.97 Å². The van der Waals surface area contributed by atoms with E-state index in [2.05, 4.69) is 4.57 Å². The molecule has 3 aromatic carbocycles. The van der Waals surface area contributed by atoms with Gasteiger partial charge in [0.2, 0.25) is 0 Å². The van der Waals surface area contributed by atoms with Crippen molar-refractivity contribution in [3.05, 3.63) is 138 Å². The fraction of sp³-hybridized carbons (Fsp3) is 0.275. The van der Waals surface area contributed by atoms with Gasteiger partial charge in [0.25, 0.3) is 5.56 Å². The largest absolute Gasteiger partial charge is 0.493 e. The summed E-state index contributed by atoms with van der Waals surface area (Å²) in [6.45, 7) is 11.9. The van der Waals surface area contributed by atoms with Crippen molar-refractivity contribution in [2.45, 2.75) is 60.3 Å². The molecular formula is C40H40FN3O6S. The normalized spacial score (nSPS) is 14.4. The number of rotatable bonds is 11. The molecular weight excluding hydrogens is 670 g/mol. The molecule has 1 atom stereocenters. The average Bonchev–Trinajstić information content (AvgIpc) is 3.56. The number of aryl methyl sites for hydroxylation is 1. The number of halogens is 1. The summed E-state index contributed by atoms with van der Waals surface area (Å²) in [7, 11) is 1.56. The Kier molecular flexibility index (Phi) is 10.3. The zero-order valence-electron chi connectivity index (χ0n) is 29.7. The van der Waals surface area contributed by atoms with Crippen molar-refractivity contribution in [1.29, 1.82) is 0 Å². The molecule has 5 aromatic rings. The average molecular weight is 710 g/mol. The minimum atomic E-state index is -0.791. The van der Waals surface area contributed by atoms with Crippen molar-refractivity contribution in [1.82, 2.24) is 9.13 Å². The molecule has 0 bridgehead atoms. The van der Waals surface area contributed by atoms with Gasteiger partial charge in [-0.15, -0.1) is 0 Å². The molecule has 0 aliphatic carbocycles. The second kappa shape index (κ2) is 14.8. The van der Waals surface area contributed by atoms with E-state index in [1.54, 1.807) is 49.8 Å². The first-order valence-electron chi connectivity index (χ1n) is 16.7. The van der Waals surface area contributed by atoms with Gasteiger partial charge in [0.05, 0.1) is 41.7 Å². The van der Waals surface area contributed by atoms with E-state index in [0.717, 1.165) is 28.2 Å². The van der Waals surface area contributed by atoms with Crippen LogP contribution in [-0.4, -0.2) is 34.9 Å². The summed E-state index contributed by atoms with van der Waals surface area (Å²) in [5, 5.41) is 0. The van der Waals surface area contributed by atoms with Crippen LogP contribution >= 0.6 is 11.3 Å². The molecule has 264 valence electrons. The minimum Gasteiger partial charge on any atom is -0.493 e.